The molecule has 0 radical (unpaired) electrons. The number of nitrogens with zero attached hydrogens (tertiary/aromatic N) is 4. The zero-order chi connectivity index (χ0) is 18.9. The van der Waals surface area contributed by atoms with Crippen LogP contribution >= 0.6 is 0 Å². The Morgan fingerprint density at radius 3 is 2.89 bits per heavy atom. The van der Waals surface area contributed by atoms with Gasteiger partial charge >= 0.3 is 0 Å². The van der Waals surface area contributed by atoms with E-state index in [1.54, 1.807) is 6.20 Å². The number of amides is 1. The van der Waals surface area contributed by atoms with Gasteiger partial charge < -0.3 is 14.6 Å². The number of ether oxygens (including phenoxy) is 1. The van der Waals surface area contributed by atoms with Crippen molar-refractivity contribution in [3.63, 3.8) is 0 Å². The summed E-state index contributed by atoms with van der Waals surface area (Å²) in [5.74, 6) is 1.73. The predicted octanol–water partition coefficient (Wildman–Crippen LogP) is 2.47. The van der Waals surface area contributed by atoms with Gasteiger partial charge in [-0.15, -0.1) is 0 Å². The minimum Gasteiger partial charge on any atom is -0.494 e. The third-order valence-electron chi connectivity index (χ3n) is 3.90. The molecule has 8 heteroatoms. The summed E-state index contributed by atoms with van der Waals surface area (Å²) in [5, 5.41) is 11.0. The van der Waals surface area contributed by atoms with Crippen LogP contribution in [0.1, 0.15) is 25.7 Å². The summed E-state index contributed by atoms with van der Waals surface area (Å²) in [6.45, 7) is 3.95. The molecular formula is C19H23N5O3. The first kappa shape index (κ1) is 18.6. The van der Waals surface area contributed by atoms with Crippen molar-refractivity contribution in [1.82, 2.24) is 25.2 Å². The lowest BCUT2D eigenvalue weighted by Crippen LogP contribution is -2.25. The molecule has 2 heterocycles. The van der Waals surface area contributed by atoms with Crippen LogP contribution in [0, 0.1) is 0 Å². The quantitative estimate of drug-likeness (QED) is 0.552. The van der Waals surface area contributed by atoms with E-state index < -0.39 is 0 Å². The van der Waals surface area contributed by atoms with Crippen molar-refractivity contribution in [2.75, 3.05) is 13.2 Å². The Balaban J connectivity index is 1.40. The van der Waals surface area contributed by atoms with Crippen LogP contribution in [0.25, 0.3) is 11.4 Å². The molecule has 27 heavy (non-hydrogen) atoms. The van der Waals surface area contributed by atoms with Crippen molar-refractivity contribution < 1.29 is 14.1 Å². The Labute approximate surface area is 157 Å². The third kappa shape index (κ3) is 5.67. The molecule has 1 amide bonds. The number of carbonyl (C=O) groups excluding carboxylic acids is 1. The van der Waals surface area contributed by atoms with E-state index in [9.17, 15) is 4.79 Å². The van der Waals surface area contributed by atoms with Crippen LogP contribution in [-0.2, 0) is 17.8 Å². The van der Waals surface area contributed by atoms with Crippen molar-refractivity contribution in [1.29, 1.82) is 0 Å². The molecule has 3 aromatic rings. The predicted molar refractivity (Wildman–Crippen MR) is 99.1 cm³/mol. The number of carbonyl (C=O) groups is 1. The van der Waals surface area contributed by atoms with E-state index in [-0.39, 0.29) is 5.91 Å². The van der Waals surface area contributed by atoms with Crippen LogP contribution in [0.4, 0.5) is 0 Å². The van der Waals surface area contributed by atoms with Crippen molar-refractivity contribution in [3.8, 4) is 17.1 Å². The molecule has 0 aliphatic carbocycles. The maximum Gasteiger partial charge on any atom is 0.227 e. The van der Waals surface area contributed by atoms with E-state index in [1.165, 1.54) is 0 Å². The first-order chi connectivity index (χ1) is 13.2. The number of rotatable bonds is 10. The molecule has 0 saturated heterocycles. The molecule has 0 bridgehead atoms. The number of nitrogens with one attached hydrogen (secondary N) is 1. The Morgan fingerprint density at radius 1 is 1.30 bits per heavy atom. The molecule has 0 atom stereocenters. The van der Waals surface area contributed by atoms with Crippen LogP contribution in [0.2, 0.25) is 0 Å². The lowest BCUT2D eigenvalue weighted by molar-refractivity contribution is -0.121. The summed E-state index contributed by atoms with van der Waals surface area (Å²) in [5.41, 5.74) is 0.844. The number of aromatic nitrogens is 4. The second-order valence-electron chi connectivity index (χ2n) is 5.94. The zero-order valence-corrected chi connectivity index (χ0v) is 15.3. The van der Waals surface area contributed by atoms with E-state index >= 15 is 0 Å². The molecule has 0 aliphatic rings. The van der Waals surface area contributed by atoms with Crippen LogP contribution in [-0.4, -0.2) is 39.0 Å². The summed E-state index contributed by atoms with van der Waals surface area (Å²) >= 11 is 0. The van der Waals surface area contributed by atoms with E-state index in [1.807, 2.05) is 48.1 Å². The first-order valence-corrected chi connectivity index (χ1v) is 9.04. The van der Waals surface area contributed by atoms with E-state index in [0.29, 0.717) is 37.7 Å². The molecule has 0 aliphatic heterocycles. The van der Waals surface area contributed by atoms with Crippen LogP contribution in [0.5, 0.6) is 5.75 Å². The summed E-state index contributed by atoms with van der Waals surface area (Å²) in [7, 11) is 0. The monoisotopic (exact) mass is 369 g/mol. The Morgan fingerprint density at radius 2 is 2.15 bits per heavy atom. The first-order valence-electron chi connectivity index (χ1n) is 9.04. The molecule has 0 saturated carbocycles. The van der Waals surface area contributed by atoms with E-state index in [2.05, 4.69) is 20.6 Å². The van der Waals surface area contributed by atoms with Crippen LogP contribution < -0.4 is 10.1 Å². The topological polar surface area (TPSA) is 95.1 Å². The van der Waals surface area contributed by atoms with Crippen LogP contribution in [0.15, 0.2) is 47.2 Å². The van der Waals surface area contributed by atoms with Gasteiger partial charge in [-0.2, -0.15) is 10.1 Å². The second-order valence-corrected chi connectivity index (χ2v) is 5.94. The molecule has 1 aromatic carbocycles. The molecule has 0 unspecified atom stereocenters. The highest BCUT2D eigenvalue weighted by Crippen LogP contribution is 2.20. The standard InChI is InChI=1S/C19H23N5O3/c1-2-26-16-7-5-15(6-8-16)19-22-18(27-23-19)10-9-17(25)20-11-3-13-24-14-4-12-21-24/h4-8,12,14H,2-3,9-11,13H2,1H3,(H,20,25). The Hall–Kier alpha value is -3.16. The molecular weight excluding hydrogens is 346 g/mol. The molecule has 3 rings (SSSR count). The average Bonchev–Trinajstić information content (AvgIpc) is 3.36. The van der Waals surface area contributed by atoms with Crippen LogP contribution in [0.3, 0.4) is 0 Å². The SMILES string of the molecule is CCOc1ccc(-c2noc(CCC(=O)NCCCn3cccn3)n2)cc1. The van der Waals surface area contributed by atoms with Crippen molar-refractivity contribution >= 4 is 5.91 Å². The number of aryl methyl sites for hydroxylation is 2. The zero-order valence-electron chi connectivity index (χ0n) is 15.3. The molecule has 142 valence electrons. The summed E-state index contributed by atoms with van der Waals surface area (Å²) in [6, 6.07) is 9.37. The number of hydrogen-bond donors (Lipinski definition) is 1. The highest BCUT2D eigenvalue weighted by molar-refractivity contribution is 5.75. The smallest absolute Gasteiger partial charge is 0.227 e. The van der Waals surface area contributed by atoms with Gasteiger partial charge in [0.25, 0.3) is 0 Å². The fourth-order valence-corrected chi connectivity index (χ4v) is 2.55. The fourth-order valence-electron chi connectivity index (χ4n) is 2.55. The van der Waals surface area contributed by atoms with Gasteiger partial charge in [0.15, 0.2) is 0 Å². The Bertz CT molecular complexity index is 827. The van der Waals surface area contributed by atoms with Gasteiger partial charge in [-0.05, 0) is 43.7 Å². The van der Waals surface area contributed by atoms with E-state index in [0.717, 1.165) is 24.3 Å². The second kappa shape index (κ2) is 9.51. The van der Waals surface area contributed by atoms with Crippen molar-refractivity contribution in [2.45, 2.75) is 32.7 Å². The van der Waals surface area contributed by atoms with E-state index in [4.69, 9.17) is 9.26 Å². The molecule has 8 nitrogen and oxygen atoms in total. The maximum absolute atomic E-state index is 11.9. The highest BCUT2D eigenvalue weighted by atomic mass is 16.5. The van der Waals surface area contributed by atoms with Crippen molar-refractivity contribution in [2.24, 2.45) is 0 Å². The summed E-state index contributed by atoms with van der Waals surface area (Å²) < 4.78 is 12.5. The number of benzene rings is 1. The fraction of sp³-hybridized carbons (Fsp3) is 0.368. The molecule has 0 fully saturated rings. The normalized spacial score (nSPS) is 10.7. The van der Waals surface area contributed by atoms with Gasteiger partial charge in [-0.3, -0.25) is 9.48 Å². The minimum atomic E-state index is -0.0312. The van der Waals surface area contributed by atoms with Gasteiger partial charge in [0.2, 0.25) is 17.6 Å². The lowest BCUT2D eigenvalue weighted by atomic mass is 10.2. The minimum absolute atomic E-state index is 0.0312. The van der Waals surface area contributed by atoms with Crippen molar-refractivity contribution in [3.05, 3.63) is 48.6 Å². The van der Waals surface area contributed by atoms with Gasteiger partial charge in [0, 0.05) is 43.9 Å². The largest absolute Gasteiger partial charge is 0.494 e. The van der Waals surface area contributed by atoms with Gasteiger partial charge in [-0.1, -0.05) is 5.16 Å². The average molecular weight is 369 g/mol. The molecule has 0 spiro atoms. The highest BCUT2D eigenvalue weighted by Gasteiger charge is 2.11. The summed E-state index contributed by atoms with van der Waals surface area (Å²) in [4.78, 5) is 16.3. The van der Waals surface area contributed by atoms with Gasteiger partial charge in [0.05, 0.1) is 6.61 Å². The Kier molecular flexibility index (Phi) is 6.56. The third-order valence-corrected chi connectivity index (χ3v) is 3.90. The molecule has 1 N–H and O–H groups in total. The summed E-state index contributed by atoms with van der Waals surface area (Å²) in [6.07, 6.45) is 5.20. The van der Waals surface area contributed by atoms with Gasteiger partial charge in [0.1, 0.15) is 5.75 Å². The number of hydrogen-bond acceptors (Lipinski definition) is 6. The maximum atomic E-state index is 11.9. The molecule has 2 aromatic heterocycles. The van der Waals surface area contributed by atoms with Gasteiger partial charge in [-0.25, -0.2) is 0 Å². The lowest BCUT2D eigenvalue weighted by Gasteiger charge is -2.04.